The monoisotopic (exact) mass is 193 g/mol. The molecule has 70 valence electrons. The van der Waals surface area contributed by atoms with Gasteiger partial charge >= 0.3 is 5.97 Å². The Bertz CT molecular complexity index is 284. The first-order valence-corrected chi connectivity index (χ1v) is 5.42. The zero-order chi connectivity index (χ0) is 9.35. The molecule has 0 radical (unpaired) electrons. The molecule has 5 nitrogen and oxygen atoms in total. The average molecular weight is 193 g/mol. The Hall–Kier alpha value is -0.620. The van der Waals surface area contributed by atoms with E-state index in [-0.39, 0.29) is 17.5 Å². The van der Waals surface area contributed by atoms with Crippen LogP contribution in [0.5, 0.6) is 0 Å². The molecule has 6 heteroatoms. The number of carbonyl (C=O) groups is 1. The van der Waals surface area contributed by atoms with Crippen molar-refractivity contribution in [2.24, 2.45) is 0 Å². The average Bonchev–Trinajstić information content (AvgIpc) is 1.82. The van der Waals surface area contributed by atoms with Crippen LogP contribution in [-0.2, 0) is 14.6 Å². The van der Waals surface area contributed by atoms with Gasteiger partial charge in [0.05, 0.1) is 11.5 Å². The fourth-order valence-electron chi connectivity index (χ4n) is 1.29. The third-order valence-electron chi connectivity index (χ3n) is 1.71. The van der Waals surface area contributed by atoms with E-state index in [4.69, 9.17) is 5.11 Å². The van der Waals surface area contributed by atoms with Crippen LogP contribution in [0, 0.1) is 0 Å². The topological polar surface area (TPSA) is 83.5 Å². The first-order valence-electron chi connectivity index (χ1n) is 3.60. The lowest BCUT2D eigenvalue weighted by molar-refractivity contribution is -0.139. The molecule has 12 heavy (non-hydrogen) atoms. The second-order valence-electron chi connectivity index (χ2n) is 3.04. The summed E-state index contributed by atoms with van der Waals surface area (Å²) in [6, 6.07) is -1.22. The largest absolute Gasteiger partial charge is 0.480 e. The molecule has 1 aliphatic heterocycles. The highest BCUT2D eigenvalue weighted by atomic mass is 32.2. The zero-order valence-electron chi connectivity index (χ0n) is 6.65. The summed E-state index contributed by atoms with van der Waals surface area (Å²) in [7, 11) is -3.17. The summed E-state index contributed by atoms with van der Waals surface area (Å²) in [6.07, 6.45) is 0. The third kappa shape index (κ3) is 2.18. The van der Waals surface area contributed by atoms with Crippen molar-refractivity contribution in [2.45, 2.75) is 19.0 Å². The first kappa shape index (κ1) is 9.47. The van der Waals surface area contributed by atoms with E-state index in [0.717, 1.165) is 0 Å². The van der Waals surface area contributed by atoms with E-state index in [1.54, 1.807) is 6.92 Å². The Morgan fingerprint density at radius 1 is 1.50 bits per heavy atom. The Balaban J connectivity index is 2.77. The summed E-state index contributed by atoms with van der Waals surface area (Å²) in [6.45, 7) is 1.66. The van der Waals surface area contributed by atoms with Crippen molar-refractivity contribution in [2.75, 3.05) is 11.5 Å². The van der Waals surface area contributed by atoms with Crippen LogP contribution in [0.1, 0.15) is 6.92 Å². The number of sulfone groups is 1. The smallest absolute Gasteiger partial charge is 0.321 e. The molecule has 0 aromatic heterocycles. The van der Waals surface area contributed by atoms with Gasteiger partial charge in [-0.05, 0) is 6.92 Å². The van der Waals surface area contributed by atoms with Crippen LogP contribution in [0.2, 0.25) is 0 Å². The minimum absolute atomic E-state index is 0.0246. The van der Waals surface area contributed by atoms with E-state index in [9.17, 15) is 13.2 Å². The van der Waals surface area contributed by atoms with Gasteiger partial charge in [-0.2, -0.15) is 0 Å². The molecule has 0 aliphatic carbocycles. The van der Waals surface area contributed by atoms with Crippen LogP contribution in [0.3, 0.4) is 0 Å². The summed E-state index contributed by atoms with van der Waals surface area (Å²) in [4.78, 5) is 10.5. The van der Waals surface area contributed by atoms with Crippen molar-refractivity contribution in [3.05, 3.63) is 0 Å². The third-order valence-corrected chi connectivity index (χ3v) is 3.56. The van der Waals surface area contributed by atoms with Gasteiger partial charge < -0.3 is 10.4 Å². The summed E-state index contributed by atoms with van der Waals surface area (Å²) in [5.74, 6) is -1.38. The zero-order valence-corrected chi connectivity index (χ0v) is 7.47. The summed E-state index contributed by atoms with van der Waals surface area (Å²) in [5.41, 5.74) is 0. The van der Waals surface area contributed by atoms with Gasteiger partial charge in [0.15, 0.2) is 9.84 Å². The molecule has 1 aliphatic rings. The molecule has 0 aromatic rings. The predicted octanol–water partition coefficient (Wildman–Crippen LogP) is -1.15. The Kier molecular flexibility index (Phi) is 2.39. The number of hydrogen-bond acceptors (Lipinski definition) is 4. The van der Waals surface area contributed by atoms with E-state index in [2.05, 4.69) is 5.32 Å². The SMILES string of the molecule is CC1CS(=O)(=O)CC(C(=O)O)N1. The number of carboxylic acid groups (broad SMARTS) is 1. The van der Waals surface area contributed by atoms with Crippen LogP contribution in [0.4, 0.5) is 0 Å². The van der Waals surface area contributed by atoms with E-state index in [1.807, 2.05) is 0 Å². The molecule has 0 aromatic carbocycles. The van der Waals surface area contributed by atoms with Gasteiger partial charge in [0.25, 0.3) is 0 Å². The molecule has 1 rings (SSSR count). The van der Waals surface area contributed by atoms with E-state index in [1.165, 1.54) is 0 Å². The molecule has 0 saturated carbocycles. The normalized spacial score (nSPS) is 34.4. The van der Waals surface area contributed by atoms with Crippen LogP contribution < -0.4 is 5.32 Å². The van der Waals surface area contributed by atoms with Crippen molar-refractivity contribution in [1.29, 1.82) is 0 Å². The van der Waals surface area contributed by atoms with Crippen LogP contribution in [0.15, 0.2) is 0 Å². The van der Waals surface area contributed by atoms with Gasteiger partial charge in [-0.15, -0.1) is 0 Å². The second-order valence-corrected chi connectivity index (χ2v) is 5.19. The second kappa shape index (κ2) is 3.02. The van der Waals surface area contributed by atoms with Gasteiger partial charge in [0.2, 0.25) is 0 Å². The van der Waals surface area contributed by atoms with E-state index in [0.29, 0.717) is 0 Å². The molecule has 0 bridgehead atoms. The molecule has 0 amide bonds. The number of rotatable bonds is 1. The number of carboxylic acids is 1. The standard InChI is InChI=1S/C6H11NO4S/c1-4-2-12(10,11)3-5(7-4)6(8)9/h4-5,7H,2-3H2,1H3,(H,8,9). The lowest BCUT2D eigenvalue weighted by atomic mass is 10.3. The van der Waals surface area contributed by atoms with Crippen LogP contribution in [-0.4, -0.2) is 43.1 Å². The Morgan fingerprint density at radius 3 is 2.50 bits per heavy atom. The molecule has 2 N–H and O–H groups in total. The molecular formula is C6H11NO4S. The fourth-order valence-corrected chi connectivity index (χ4v) is 3.03. The Labute approximate surface area is 70.7 Å². The molecule has 0 spiro atoms. The van der Waals surface area contributed by atoms with Crippen LogP contribution >= 0.6 is 0 Å². The highest BCUT2D eigenvalue weighted by Crippen LogP contribution is 2.06. The lowest BCUT2D eigenvalue weighted by Gasteiger charge is -2.25. The minimum atomic E-state index is -3.17. The van der Waals surface area contributed by atoms with Gasteiger partial charge in [-0.3, -0.25) is 4.79 Å². The predicted molar refractivity (Wildman–Crippen MR) is 42.7 cm³/mol. The van der Waals surface area contributed by atoms with Crippen LogP contribution in [0.25, 0.3) is 0 Å². The van der Waals surface area contributed by atoms with Gasteiger partial charge in [-0.1, -0.05) is 0 Å². The van der Waals surface area contributed by atoms with Crippen molar-refractivity contribution in [3.8, 4) is 0 Å². The number of nitrogens with one attached hydrogen (secondary N) is 1. The lowest BCUT2D eigenvalue weighted by Crippen LogP contribution is -2.54. The number of aliphatic carboxylic acids is 1. The van der Waals surface area contributed by atoms with Crippen molar-refractivity contribution >= 4 is 15.8 Å². The number of hydrogen-bond donors (Lipinski definition) is 2. The summed E-state index contributed by atoms with van der Waals surface area (Å²) >= 11 is 0. The van der Waals surface area contributed by atoms with Gasteiger partial charge in [-0.25, -0.2) is 8.42 Å². The van der Waals surface area contributed by atoms with Crippen molar-refractivity contribution in [3.63, 3.8) is 0 Å². The molecular weight excluding hydrogens is 182 g/mol. The summed E-state index contributed by atoms with van der Waals surface area (Å²) < 4.78 is 22.1. The molecule has 1 heterocycles. The van der Waals surface area contributed by atoms with Crippen molar-refractivity contribution in [1.82, 2.24) is 5.32 Å². The van der Waals surface area contributed by atoms with Crippen molar-refractivity contribution < 1.29 is 18.3 Å². The quantitative estimate of drug-likeness (QED) is 0.549. The van der Waals surface area contributed by atoms with Gasteiger partial charge in [0, 0.05) is 6.04 Å². The highest BCUT2D eigenvalue weighted by molar-refractivity contribution is 7.91. The molecule has 2 atom stereocenters. The van der Waals surface area contributed by atoms with Gasteiger partial charge in [0.1, 0.15) is 6.04 Å². The van der Waals surface area contributed by atoms with E-state index < -0.39 is 21.8 Å². The maximum atomic E-state index is 11.1. The molecule has 1 fully saturated rings. The Morgan fingerprint density at radius 2 is 2.08 bits per heavy atom. The maximum absolute atomic E-state index is 11.1. The first-order chi connectivity index (χ1) is 5.41. The summed E-state index contributed by atoms with van der Waals surface area (Å²) in [5, 5.41) is 11.3. The molecule has 1 saturated heterocycles. The maximum Gasteiger partial charge on any atom is 0.321 e. The molecule has 2 unspecified atom stereocenters. The minimum Gasteiger partial charge on any atom is -0.480 e. The van der Waals surface area contributed by atoms with E-state index >= 15 is 0 Å². The fraction of sp³-hybridized carbons (Fsp3) is 0.833. The highest BCUT2D eigenvalue weighted by Gasteiger charge is 2.32.